The van der Waals surface area contributed by atoms with Crippen LogP contribution in [-0.2, 0) is 6.42 Å². The van der Waals surface area contributed by atoms with Gasteiger partial charge >= 0.3 is 0 Å². The van der Waals surface area contributed by atoms with E-state index >= 15 is 0 Å². The van der Waals surface area contributed by atoms with Crippen LogP contribution in [-0.4, -0.2) is 17.9 Å². The van der Waals surface area contributed by atoms with Gasteiger partial charge in [0.05, 0.1) is 24.3 Å². The van der Waals surface area contributed by atoms with E-state index in [2.05, 4.69) is 27.0 Å². The van der Waals surface area contributed by atoms with Crippen molar-refractivity contribution in [3.05, 3.63) is 57.8 Å². The van der Waals surface area contributed by atoms with Crippen molar-refractivity contribution in [3.8, 4) is 5.75 Å². The first kappa shape index (κ1) is 13.3. The lowest BCUT2D eigenvalue weighted by Gasteiger charge is -2.13. The first-order chi connectivity index (χ1) is 9.70. The van der Waals surface area contributed by atoms with Gasteiger partial charge in [-0.3, -0.25) is 9.78 Å². The number of ketones is 1. The molecule has 3 rings (SSSR count). The molecule has 20 heavy (non-hydrogen) atoms. The van der Waals surface area contributed by atoms with Crippen LogP contribution in [0.15, 0.2) is 41.0 Å². The summed E-state index contributed by atoms with van der Waals surface area (Å²) in [6, 6.07) is 9.47. The van der Waals surface area contributed by atoms with Gasteiger partial charge in [0, 0.05) is 10.7 Å². The number of aromatic nitrogens is 1. The molecule has 0 saturated carbocycles. The first-order valence-electron chi connectivity index (χ1n) is 6.52. The van der Waals surface area contributed by atoms with Crippen LogP contribution >= 0.6 is 15.9 Å². The average Bonchev–Trinajstić information content (AvgIpc) is 2.90. The van der Waals surface area contributed by atoms with E-state index in [1.807, 2.05) is 24.3 Å². The van der Waals surface area contributed by atoms with E-state index in [0.717, 1.165) is 23.0 Å². The topological polar surface area (TPSA) is 39.2 Å². The maximum atomic E-state index is 12.8. The highest BCUT2D eigenvalue weighted by molar-refractivity contribution is 9.10. The molecular formula is C16H14BrNO2. The Hall–Kier alpha value is -1.68. The number of methoxy groups -OCH3 is 1. The summed E-state index contributed by atoms with van der Waals surface area (Å²) >= 11 is 3.39. The number of Topliss-reactive ketones (excluding diaryl/α,β-unsaturated/α-hetero) is 1. The smallest absolute Gasteiger partial charge is 0.175 e. The second-order valence-corrected chi connectivity index (χ2v) is 5.76. The van der Waals surface area contributed by atoms with E-state index in [1.165, 1.54) is 5.56 Å². The summed E-state index contributed by atoms with van der Waals surface area (Å²) in [5.41, 5.74) is 2.73. The van der Waals surface area contributed by atoms with Crippen molar-refractivity contribution >= 4 is 21.7 Å². The molecule has 102 valence electrons. The fourth-order valence-electron chi connectivity index (χ4n) is 2.72. The lowest BCUT2D eigenvalue weighted by Crippen LogP contribution is -2.12. The highest BCUT2D eigenvalue weighted by Gasteiger charge is 2.31. The minimum atomic E-state index is -0.152. The fourth-order valence-corrected chi connectivity index (χ4v) is 3.06. The number of aryl methyl sites for hydroxylation is 1. The molecule has 3 nitrogen and oxygen atoms in total. The predicted molar refractivity (Wildman–Crippen MR) is 80.3 cm³/mol. The molecule has 2 aromatic rings. The molecule has 0 amide bonds. The second-order valence-electron chi connectivity index (χ2n) is 4.85. The lowest BCUT2D eigenvalue weighted by molar-refractivity contribution is 0.0955. The fraction of sp³-hybridized carbons (Fsp3) is 0.250. The van der Waals surface area contributed by atoms with Gasteiger partial charge in [-0.15, -0.1) is 0 Å². The number of rotatable bonds is 3. The van der Waals surface area contributed by atoms with Crippen molar-refractivity contribution < 1.29 is 9.53 Å². The van der Waals surface area contributed by atoms with E-state index in [0.29, 0.717) is 11.3 Å². The van der Waals surface area contributed by atoms with Crippen molar-refractivity contribution in [1.29, 1.82) is 0 Å². The van der Waals surface area contributed by atoms with Crippen LogP contribution in [0.4, 0.5) is 0 Å². The van der Waals surface area contributed by atoms with E-state index < -0.39 is 0 Å². The standard InChI is InChI=1S/C16H14BrNO2/c1-20-14-9-11(17)5-7-12(14)16(19)13-6-4-10-3-2-8-18-15(10)13/h2-3,5,7-9,13H,4,6H2,1H3. The third-order valence-corrected chi connectivity index (χ3v) is 4.20. The largest absolute Gasteiger partial charge is 0.496 e. The number of hydrogen-bond acceptors (Lipinski definition) is 3. The minimum absolute atomic E-state index is 0.0896. The van der Waals surface area contributed by atoms with E-state index in [1.54, 1.807) is 13.3 Å². The Bertz CT molecular complexity index is 669. The quantitative estimate of drug-likeness (QED) is 0.804. The Morgan fingerprint density at radius 2 is 2.25 bits per heavy atom. The summed E-state index contributed by atoms with van der Waals surface area (Å²) in [6.45, 7) is 0. The Morgan fingerprint density at radius 1 is 1.40 bits per heavy atom. The van der Waals surface area contributed by atoms with Crippen LogP contribution < -0.4 is 4.74 Å². The van der Waals surface area contributed by atoms with Gasteiger partial charge in [-0.2, -0.15) is 0 Å². The van der Waals surface area contributed by atoms with Crippen LogP contribution in [0.1, 0.15) is 34.0 Å². The Labute approximate surface area is 126 Å². The number of carbonyl (C=O) groups is 1. The molecule has 1 atom stereocenters. The molecule has 0 spiro atoms. The summed E-state index contributed by atoms with van der Waals surface area (Å²) in [4.78, 5) is 17.2. The molecule has 0 bridgehead atoms. The van der Waals surface area contributed by atoms with Gasteiger partial charge < -0.3 is 4.74 Å². The zero-order chi connectivity index (χ0) is 14.1. The number of ether oxygens (including phenoxy) is 1. The van der Waals surface area contributed by atoms with E-state index in [4.69, 9.17) is 4.74 Å². The molecule has 0 aliphatic heterocycles. The molecule has 1 aliphatic rings. The van der Waals surface area contributed by atoms with Crippen molar-refractivity contribution in [2.45, 2.75) is 18.8 Å². The highest BCUT2D eigenvalue weighted by Crippen LogP contribution is 2.36. The third-order valence-electron chi connectivity index (χ3n) is 3.70. The van der Waals surface area contributed by atoms with Crippen molar-refractivity contribution in [2.24, 2.45) is 0 Å². The maximum absolute atomic E-state index is 12.8. The van der Waals surface area contributed by atoms with Crippen LogP contribution in [0.3, 0.4) is 0 Å². The van der Waals surface area contributed by atoms with Gasteiger partial charge in [-0.05, 0) is 42.7 Å². The van der Waals surface area contributed by atoms with E-state index in [9.17, 15) is 4.79 Å². The van der Waals surface area contributed by atoms with E-state index in [-0.39, 0.29) is 11.7 Å². The summed E-state index contributed by atoms with van der Waals surface area (Å²) in [7, 11) is 1.58. The van der Waals surface area contributed by atoms with Gasteiger partial charge in [0.2, 0.25) is 0 Å². The minimum Gasteiger partial charge on any atom is -0.496 e. The lowest BCUT2D eigenvalue weighted by atomic mass is 9.94. The van der Waals surface area contributed by atoms with Crippen LogP contribution in [0, 0.1) is 0 Å². The monoisotopic (exact) mass is 331 g/mol. The molecule has 4 heteroatoms. The number of nitrogens with zero attached hydrogens (tertiary/aromatic N) is 1. The van der Waals surface area contributed by atoms with Crippen LogP contribution in [0.5, 0.6) is 5.75 Å². The van der Waals surface area contributed by atoms with Crippen LogP contribution in [0.25, 0.3) is 0 Å². The molecule has 0 saturated heterocycles. The Balaban J connectivity index is 1.99. The molecule has 1 aromatic heterocycles. The molecule has 1 aromatic carbocycles. The number of carbonyl (C=O) groups excluding carboxylic acids is 1. The molecule has 1 aliphatic carbocycles. The Kier molecular flexibility index (Phi) is 3.57. The predicted octanol–water partition coefficient (Wildman–Crippen LogP) is 3.77. The molecule has 0 fully saturated rings. The van der Waals surface area contributed by atoms with Gasteiger partial charge in [0.25, 0.3) is 0 Å². The van der Waals surface area contributed by atoms with Gasteiger partial charge in [-0.25, -0.2) is 0 Å². The number of benzene rings is 1. The number of fused-ring (bicyclic) bond motifs is 1. The number of pyridine rings is 1. The molecule has 0 N–H and O–H groups in total. The van der Waals surface area contributed by atoms with Gasteiger partial charge in [0.15, 0.2) is 5.78 Å². The molecular weight excluding hydrogens is 318 g/mol. The zero-order valence-corrected chi connectivity index (χ0v) is 12.7. The number of halogens is 1. The maximum Gasteiger partial charge on any atom is 0.175 e. The number of hydrogen-bond donors (Lipinski definition) is 0. The summed E-state index contributed by atoms with van der Waals surface area (Å²) < 4.78 is 6.22. The van der Waals surface area contributed by atoms with Crippen molar-refractivity contribution in [3.63, 3.8) is 0 Å². The van der Waals surface area contributed by atoms with Crippen LogP contribution in [0.2, 0.25) is 0 Å². The van der Waals surface area contributed by atoms with Gasteiger partial charge in [0.1, 0.15) is 5.75 Å². The van der Waals surface area contributed by atoms with Gasteiger partial charge in [-0.1, -0.05) is 22.0 Å². The summed E-state index contributed by atoms with van der Waals surface area (Å²) in [5, 5.41) is 0. The second kappa shape index (κ2) is 5.37. The van der Waals surface area contributed by atoms with Crippen molar-refractivity contribution in [2.75, 3.05) is 7.11 Å². The summed E-state index contributed by atoms with van der Waals surface area (Å²) in [6.07, 6.45) is 3.49. The Morgan fingerprint density at radius 3 is 3.05 bits per heavy atom. The zero-order valence-electron chi connectivity index (χ0n) is 11.1. The average molecular weight is 332 g/mol. The normalized spacial score (nSPS) is 16.8. The molecule has 1 unspecified atom stereocenters. The third kappa shape index (κ3) is 2.24. The molecule has 0 radical (unpaired) electrons. The van der Waals surface area contributed by atoms with Crippen molar-refractivity contribution in [1.82, 2.24) is 4.98 Å². The highest BCUT2D eigenvalue weighted by atomic mass is 79.9. The molecule has 1 heterocycles. The first-order valence-corrected chi connectivity index (χ1v) is 7.31. The summed E-state index contributed by atoms with van der Waals surface area (Å²) in [5.74, 6) is 0.543. The SMILES string of the molecule is COc1cc(Br)ccc1C(=O)C1CCc2cccnc21.